The van der Waals surface area contributed by atoms with Crippen LogP contribution < -0.4 is 0 Å². The summed E-state index contributed by atoms with van der Waals surface area (Å²) < 4.78 is 0. The van der Waals surface area contributed by atoms with E-state index < -0.39 is 0 Å². The number of hydrogen-bond acceptors (Lipinski definition) is 1. The van der Waals surface area contributed by atoms with E-state index in [-0.39, 0.29) is 12.4 Å². The SMILES string of the molecule is CCN(C)CCCCCCCCCCCCCCc1ccccc1.Cl. The van der Waals surface area contributed by atoms with Gasteiger partial charge in [0.25, 0.3) is 0 Å². The van der Waals surface area contributed by atoms with E-state index in [2.05, 4.69) is 49.2 Å². The molecule has 1 nitrogen and oxygen atoms in total. The van der Waals surface area contributed by atoms with E-state index in [1.165, 1.54) is 102 Å². The Labute approximate surface area is 164 Å². The predicted molar refractivity (Wildman–Crippen MR) is 116 cm³/mol. The fourth-order valence-electron chi connectivity index (χ4n) is 3.28. The standard InChI is InChI=1S/C23H41N.ClH/c1-3-24(2)22-18-13-11-9-7-5-4-6-8-10-12-15-19-23-20-16-14-17-21-23;/h14,16-17,20-21H,3-13,15,18-19,22H2,1-2H3;1H. The summed E-state index contributed by atoms with van der Waals surface area (Å²) in [6, 6.07) is 10.9. The second-order valence-electron chi connectivity index (χ2n) is 7.37. The highest BCUT2D eigenvalue weighted by Gasteiger charge is 1.96. The lowest BCUT2D eigenvalue weighted by Crippen LogP contribution is -2.18. The van der Waals surface area contributed by atoms with Crippen molar-refractivity contribution in [1.82, 2.24) is 4.90 Å². The second kappa shape index (κ2) is 18.3. The summed E-state index contributed by atoms with van der Waals surface area (Å²) in [6.07, 6.45) is 18.4. The first-order valence-corrected chi connectivity index (χ1v) is 10.6. The summed E-state index contributed by atoms with van der Waals surface area (Å²) in [4.78, 5) is 2.42. The van der Waals surface area contributed by atoms with Crippen LogP contribution in [0.15, 0.2) is 30.3 Å². The van der Waals surface area contributed by atoms with Crippen LogP contribution in [0.3, 0.4) is 0 Å². The van der Waals surface area contributed by atoms with E-state index >= 15 is 0 Å². The molecule has 146 valence electrons. The van der Waals surface area contributed by atoms with E-state index in [0.717, 1.165) is 0 Å². The summed E-state index contributed by atoms with van der Waals surface area (Å²) in [7, 11) is 2.22. The summed E-state index contributed by atoms with van der Waals surface area (Å²) in [6.45, 7) is 4.70. The minimum absolute atomic E-state index is 0. The second-order valence-corrected chi connectivity index (χ2v) is 7.37. The first-order chi connectivity index (χ1) is 11.8. The Balaban J connectivity index is 0.00000576. The number of nitrogens with zero attached hydrogens (tertiary/aromatic N) is 1. The van der Waals surface area contributed by atoms with Crippen LogP contribution in [-0.4, -0.2) is 25.0 Å². The van der Waals surface area contributed by atoms with Gasteiger partial charge in [0, 0.05) is 0 Å². The van der Waals surface area contributed by atoms with Gasteiger partial charge >= 0.3 is 0 Å². The largest absolute Gasteiger partial charge is 0.307 e. The van der Waals surface area contributed by atoms with Crippen molar-refractivity contribution < 1.29 is 0 Å². The molecule has 0 aliphatic carbocycles. The van der Waals surface area contributed by atoms with E-state index in [9.17, 15) is 0 Å². The molecule has 0 fully saturated rings. The van der Waals surface area contributed by atoms with Crippen LogP contribution in [0.4, 0.5) is 0 Å². The third-order valence-corrected chi connectivity index (χ3v) is 5.14. The van der Waals surface area contributed by atoms with Gasteiger partial charge in [0.05, 0.1) is 0 Å². The van der Waals surface area contributed by atoms with Crippen LogP contribution in [0.25, 0.3) is 0 Å². The fourth-order valence-corrected chi connectivity index (χ4v) is 3.28. The fraction of sp³-hybridized carbons (Fsp3) is 0.739. The van der Waals surface area contributed by atoms with Gasteiger partial charge in [0.15, 0.2) is 0 Å². The zero-order valence-corrected chi connectivity index (χ0v) is 17.7. The van der Waals surface area contributed by atoms with Crippen LogP contribution in [0.2, 0.25) is 0 Å². The van der Waals surface area contributed by atoms with Crippen molar-refractivity contribution in [3.63, 3.8) is 0 Å². The van der Waals surface area contributed by atoms with Gasteiger partial charge in [-0.15, -0.1) is 12.4 Å². The molecule has 25 heavy (non-hydrogen) atoms. The molecule has 0 saturated carbocycles. The minimum Gasteiger partial charge on any atom is -0.307 e. The van der Waals surface area contributed by atoms with Gasteiger partial charge in [-0.25, -0.2) is 0 Å². The predicted octanol–water partition coefficient (Wildman–Crippen LogP) is 7.28. The molecule has 0 heterocycles. The van der Waals surface area contributed by atoms with E-state index in [4.69, 9.17) is 0 Å². The quantitative estimate of drug-likeness (QED) is 0.277. The average molecular weight is 368 g/mol. The Morgan fingerprint density at radius 2 is 1.08 bits per heavy atom. The zero-order valence-electron chi connectivity index (χ0n) is 16.8. The van der Waals surface area contributed by atoms with Crippen molar-refractivity contribution >= 4 is 12.4 Å². The van der Waals surface area contributed by atoms with Crippen molar-refractivity contribution in [3.05, 3.63) is 35.9 Å². The molecule has 0 unspecified atom stereocenters. The van der Waals surface area contributed by atoms with Crippen LogP contribution >= 0.6 is 12.4 Å². The lowest BCUT2D eigenvalue weighted by atomic mass is 10.0. The molecule has 0 N–H and O–H groups in total. The molecule has 0 radical (unpaired) electrons. The number of rotatable bonds is 16. The summed E-state index contributed by atoms with van der Waals surface area (Å²) in [5.74, 6) is 0. The van der Waals surface area contributed by atoms with Crippen molar-refractivity contribution in [2.45, 2.75) is 90.4 Å². The third-order valence-electron chi connectivity index (χ3n) is 5.14. The smallest absolute Gasteiger partial charge is 0.00219 e. The Hall–Kier alpha value is -0.530. The monoisotopic (exact) mass is 367 g/mol. The van der Waals surface area contributed by atoms with E-state index in [1.807, 2.05) is 0 Å². The first kappa shape index (κ1) is 24.5. The lowest BCUT2D eigenvalue weighted by Gasteiger charge is -2.12. The Bertz CT molecular complexity index is 366. The highest BCUT2D eigenvalue weighted by molar-refractivity contribution is 5.85. The molecule has 0 saturated heterocycles. The zero-order chi connectivity index (χ0) is 17.3. The van der Waals surface area contributed by atoms with Gasteiger partial charge in [-0.05, 0) is 45.0 Å². The Morgan fingerprint density at radius 3 is 1.56 bits per heavy atom. The Kier molecular flexibility index (Phi) is 17.9. The first-order valence-electron chi connectivity index (χ1n) is 10.6. The summed E-state index contributed by atoms with van der Waals surface area (Å²) >= 11 is 0. The maximum Gasteiger partial charge on any atom is -0.00219 e. The average Bonchev–Trinajstić information content (AvgIpc) is 2.62. The number of aryl methyl sites for hydroxylation is 1. The molecule has 0 amide bonds. The topological polar surface area (TPSA) is 3.24 Å². The summed E-state index contributed by atoms with van der Waals surface area (Å²) in [5, 5.41) is 0. The van der Waals surface area contributed by atoms with Crippen molar-refractivity contribution in [1.29, 1.82) is 0 Å². The summed E-state index contributed by atoms with van der Waals surface area (Å²) in [5.41, 5.74) is 1.50. The van der Waals surface area contributed by atoms with Crippen LogP contribution in [0.1, 0.15) is 89.5 Å². The minimum atomic E-state index is 0. The molecule has 0 aliphatic heterocycles. The molecule has 0 atom stereocenters. The molecular weight excluding hydrogens is 326 g/mol. The van der Waals surface area contributed by atoms with Gasteiger partial charge in [-0.2, -0.15) is 0 Å². The molecule has 1 aromatic carbocycles. The van der Waals surface area contributed by atoms with Crippen LogP contribution in [0.5, 0.6) is 0 Å². The number of unbranched alkanes of at least 4 members (excludes halogenated alkanes) is 11. The van der Waals surface area contributed by atoms with Crippen molar-refractivity contribution in [2.24, 2.45) is 0 Å². The van der Waals surface area contributed by atoms with Gasteiger partial charge < -0.3 is 4.90 Å². The molecular formula is C23H42ClN. The van der Waals surface area contributed by atoms with Gasteiger partial charge in [-0.3, -0.25) is 0 Å². The van der Waals surface area contributed by atoms with Crippen LogP contribution in [-0.2, 0) is 6.42 Å². The number of benzene rings is 1. The highest BCUT2D eigenvalue weighted by atomic mass is 35.5. The molecule has 2 heteroatoms. The van der Waals surface area contributed by atoms with Gasteiger partial charge in [0.2, 0.25) is 0 Å². The maximum absolute atomic E-state index is 2.42. The normalized spacial score (nSPS) is 10.8. The number of halogens is 1. The maximum atomic E-state index is 2.42. The molecule has 1 rings (SSSR count). The van der Waals surface area contributed by atoms with Crippen LogP contribution in [0, 0.1) is 0 Å². The molecule has 0 aliphatic rings. The van der Waals surface area contributed by atoms with Crippen molar-refractivity contribution in [2.75, 3.05) is 20.1 Å². The van der Waals surface area contributed by atoms with Gasteiger partial charge in [-0.1, -0.05) is 101 Å². The van der Waals surface area contributed by atoms with E-state index in [1.54, 1.807) is 0 Å². The van der Waals surface area contributed by atoms with Gasteiger partial charge in [0.1, 0.15) is 0 Å². The molecule has 0 aromatic heterocycles. The molecule has 1 aromatic rings. The van der Waals surface area contributed by atoms with E-state index in [0.29, 0.717) is 0 Å². The molecule has 0 bridgehead atoms. The molecule has 0 spiro atoms. The lowest BCUT2D eigenvalue weighted by molar-refractivity contribution is 0.340. The highest BCUT2D eigenvalue weighted by Crippen LogP contribution is 2.13. The third kappa shape index (κ3) is 15.4. The number of hydrogen-bond donors (Lipinski definition) is 0. The van der Waals surface area contributed by atoms with Crippen molar-refractivity contribution in [3.8, 4) is 0 Å². The Morgan fingerprint density at radius 1 is 0.640 bits per heavy atom.